The van der Waals surface area contributed by atoms with E-state index in [9.17, 15) is 14.4 Å². The van der Waals surface area contributed by atoms with Gasteiger partial charge >= 0.3 is 0 Å². The number of aromatic nitrogens is 3. The third-order valence-corrected chi connectivity index (χ3v) is 5.66. The molecule has 4 aromatic rings. The number of nitrogens with zero attached hydrogens (tertiary/aromatic N) is 4. The summed E-state index contributed by atoms with van der Waals surface area (Å²) in [6, 6.07) is 16.6. The number of carbonyl (C=O) groups is 3. The van der Waals surface area contributed by atoms with Crippen LogP contribution in [0.2, 0.25) is 5.02 Å². The number of pyridine rings is 1. The summed E-state index contributed by atoms with van der Waals surface area (Å²) in [5.74, 6) is -0.652. The molecule has 3 heterocycles. The Kier molecular flexibility index (Phi) is 4.99. The molecular weight excluding hydrogens is 442 g/mol. The van der Waals surface area contributed by atoms with Crippen molar-refractivity contribution in [2.75, 3.05) is 10.2 Å². The topological polar surface area (TPSA) is 97.2 Å². The lowest BCUT2D eigenvalue weighted by molar-refractivity contribution is 0.0924. The number of rotatable bonds is 4. The van der Waals surface area contributed by atoms with Gasteiger partial charge in [-0.15, -0.1) is 0 Å². The molecule has 0 atom stereocenters. The minimum Gasteiger partial charge on any atom is -0.322 e. The van der Waals surface area contributed by atoms with Crippen molar-refractivity contribution in [3.63, 3.8) is 0 Å². The number of halogens is 1. The number of fused-ring (bicyclic) bond motifs is 1. The summed E-state index contributed by atoms with van der Waals surface area (Å²) >= 11 is 6.41. The van der Waals surface area contributed by atoms with Gasteiger partial charge in [-0.1, -0.05) is 29.8 Å². The van der Waals surface area contributed by atoms with Crippen LogP contribution in [0.1, 0.15) is 36.8 Å². The normalized spacial score (nSPS) is 12.7. The van der Waals surface area contributed by atoms with E-state index in [1.54, 1.807) is 60.3 Å². The highest BCUT2D eigenvalue weighted by Crippen LogP contribution is 2.35. The van der Waals surface area contributed by atoms with E-state index in [0.717, 1.165) is 4.90 Å². The predicted octanol–water partition coefficient (Wildman–Crippen LogP) is 4.28. The number of nitrogens with one attached hydrogen (secondary N) is 1. The Labute approximate surface area is 193 Å². The van der Waals surface area contributed by atoms with Gasteiger partial charge in [-0.25, -0.2) is 14.6 Å². The van der Waals surface area contributed by atoms with Crippen molar-refractivity contribution in [2.24, 2.45) is 0 Å². The van der Waals surface area contributed by atoms with Gasteiger partial charge in [0.15, 0.2) is 5.82 Å². The van der Waals surface area contributed by atoms with Crippen molar-refractivity contribution in [3.8, 4) is 5.82 Å². The van der Waals surface area contributed by atoms with E-state index in [0.29, 0.717) is 33.9 Å². The molecule has 0 fully saturated rings. The van der Waals surface area contributed by atoms with Crippen molar-refractivity contribution in [3.05, 3.63) is 100 Å². The Morgan fingerprint density at radius 2 is 1.67 bits per heavy atom. The average molecular weight is 458 g/mol. The van der Waals surface area contributed by atoms with Crippen LogP contribution >= 0.6 is 11.6 Å². The quantitative estimate of drug-likeness (QED) is 0.461. The third-order valence-electron chi connectivity index (χ3n) is 5.36. The second-order valence-electron chi connectivity index (χ2n) is 7.36. The monoisotopic (exact) mass is 457 g/mol. The molecule has 33 heavy (non-hydrogen) atoms. The second-order valence-corrected chi connectivity index (χ2v) is 7.76. The number of carbonyl (C=O) groups excluding carboxylic acids is 3. The van der Waals surface area contributed by atoms with Gasteiger partial charge < -0.3 is 5.32 Å². The molecule has 1 aliphatic heterocycles. The zero-order valence-electron chi connectivity index (χ0n) is 17.3. The van der Waals surface area contributed by atoms with Crippen LogP contribution in [0.5, 0.6) is 0 Å². The van der Waals surface area contributed by atoms with E-state index < -0.39 is 11.8 Å². The van der Waals surface area contributed by atoms with Crippen LogP contribution in [0.3, 0.4) is 0 Å². The van der Waals surface area contributed by atoms with Crippen LogP contribution in [-0.2, 0) is 0 Å². The maximum absolute atomic E-state index is 12.8. The summed E-state index contributed by atoms with van der Waals surface area (Å²) in [7, 11) is 0. The smallest absolute Gasteiger partial charge is 0.266 e. The molecule has 0 saturated carbocycles. The molecule has 2 aromatic heterocycles. The minimum atomic E-state index is -0.438. The van der Waals surface area contributed by atoms with Crippen molar-refractivity contribution in [1.29, 1.82) is 0 Å². The van der Waals surface area contributed by atoms with E-state index in [1.807, 2.05) is 6.07 Å². The lowest BCUT2D eigenvalue weighted by Crippen LogP contribution is -2.29. The molecule has 8 nitrogen and oxygen atoms in total. The maximum atomic E-state index is 12.8. The zero-order valence-corrected chi connectivity index (χ0v) is 18.1. The molecule has 162 valence electrons. The Bertz CT molecular complexity index is 1400. The summed E-state index contributed by atoms with van der Waals surface area (Å²) < 4.78 is 1.58. The Balaban J connectivity index is 1.38. The summed E-state index contributed by atoms with van der Waals surface area (Å²) in [5, 5.41) is 7.19. The highest BCUT2D eigenvalue weighted by Gasteiger charge is 2.37. The molecule has 5 rings (SSSR count). The standard InChI is InChI=1S/C24H16ClN5O3/c1-14-18(13-27-30(14)21-8-4-5-11-26-21)22(31)28-15-9-10-20(19(25)12-15)29-23(32)16-6-2-3-7-17(16)24(29)33/h2-13H,1H3,(H,28,31). The molecule has 0 radical (unpaired) electrons. The van der Waals surface area contributed by atoms with Gasteiger partial charge in [0.05, 0.1) is 39.3 Å². The van der Waals surface area contributed by atoms with Gasteiger partial charge in [0.2, 0.25) is 0 Å². The molecule has 0 unspecified atom stereocenters. The lowest BCUT2D eigenvalue weighted by atomic mass is 10.1. The first-order valence-electron chi connectivity index (χ1n) is 10.0. The van der Waals surface area contributed by atoms with Crippen LogP contribution in [0.4, 0.5) is 11.4 Å². The van der Waals surface area contributed by atoms with Crippen LogP contribution in [0.15, 0.2) is 73.1 Å². The van der Waals surface area contributed by atoms with E-state index in [4.69, 9.17) is 11.6 Å². The van der Waals surface area contributed by atoms with Crippen molar-refractivity contribution in [2.45, 2.75) is 6.92 Å². The molecular formula is C24H16ClN5O3. The predicted molar refractivity (Wildman–Crippen MR) is 123 cm³/mol. The fourth-order valence-electron chi connectivity index (χ4n) is 3.71. The summed E-state index contributed by atoms with van der Waals surface area (Å²) in [5.41, 5.74) is 2.32. The summed E-state index contributed by atoms with van der Waals surface area (Å²) in [4.78, 5) is 43.6. The van der Waals surface area contributed by atoms with Gasteiger partial charge in [-0.3, -0.25) is 14.4 Å². The minimum absolute atomic E-state index is 0.156. The molecule has 0 saturated heterocycles. The van der Waals surface area contributed by atoms with Crippen molar-refractivity contribution < 1.29 is 14.4 Å². The zero-order chi connectivity index (χ0) is 23.1. The van der Waals surface area contributed by atoms with Crippen LogP contribution < -0.4 is 10.2 Å². The van der Waals surface area contributed by atoms with Crippen LogP contribution in [0.25, 0.3) is 5.82 Å². The molecule has 3 amide bonds. The third kappa shape index (κ3) is 3.46. The lowest BCUT2D eigenvalue weighted by Gasteiger charge is -2.16. The Morgan fingerprint density at radius 3 is 2.30 bits per heavy atom. The van der Waals surface area contributed by atoms with Gasteiger partial charge in [-0.05, 0) is 49.4 Å². The summed E-state index contributed by atoms with van der Waals surface area (Å²) in [6.07, 6.45) is 3.11. The molecule has 0 bridgehead atoms. The largest absolute Gasteiger partial charge is 0.322 e. The van der Waals surface area contributed by atoms with E-state index in [1.165, 1.54) is 18.3 Å². The molecule has 1 aliphatic rings. The van der Waals surface area contributed by atoms with Crippen molar-refractivity contribution >= 4 is 40.7 Å². The fourth-order valence-corrected chi connectivity index (χ4v) is 3.98. The summed E-state index contributed by atoms with van der Waals surface area (Å²) in [6.45, 7) is 1.77. The Morgan fingerprint density at radius 1 is 0.970 bits per heavy atom. The van der Waals surface area contributed by atoms with Crippen LogP contribution in [0, 0.1) is 6.92 Å². The number of anilines is 2. The molecule has 0 aliphatic carbocycles. The molecule has 9 heteroatoms. The number of amides is 3. The number of hydrogen-bond donors (Lipinski definition) is 1. The molecule has 1 N–H and O–H groups in total. The van der Waals surface area contributed by atoms with E-state index in [-0.39, 0.29) is 16.6 Å². The fraction of sp³-hybridized carbons (Fsp3) is 0.0417. The van der Waals surface area contributed by atoms with E-state index >= 15 is 0 Å². The molecule has 2 aromatic carbocycles. The molecule has 0 spiro atoms. The average Bonchev–Trinajstić information content (AvgIpc) is 3.33. The van der Waals surface area contributed by atoms with Gasteiger partial charge in [0, 0.05) is 11.9 Å². The number of hydrogen-bond acceptors (Lipinski definition) is 5. The van der Waals surface area contributed by atoms with Gasteiger partial charge in [0.25, 0.3) is 17.7 Å². The van der Waals surface area contributed by atoms with Crippen LogP contribution in [-0.4, -0.2) is 32.5 Å². The Hall–Kier alpha value is -4.30. The first-order valence-corrected chi connectivity index (χ1v) is 10.4. The van der Waals surface area contributed by atoms with E-state index in [2.05, 4.69) is 15.4 Å². The van der Waals surface area contributed by atoms with Gasteiger partial charge in [0.1, 0.15) is 0 Å². The maximum Gasteiger partial charge on any atom is 0.266 e. The number of imide groups is 1. The first kappa shape index (κ1) is 20.6. The highest BCUT2D eigenvalue weighted by molar-refractivity contribution is 6.40. The van der Waals surface area contributed by atoms with Gasteiger partial charge in [-0.2, -0.15) is 5.10 Å². The second kappa shape index (κ2) is 7.99. The first-order chi connectivity index (χ1) is 16.0. The highest BCUT2D eigenvalue weighted by atomic mass is 35.5. The van der Waals surface area contributed by atoms with Crippen molar-refractivity contribution in [1.82, 2.24) is 14.8 Å². The number of benzene rings is 2. The SMILES string of the molecule is Cc1c(C(=O)Nc2ccc(N3C(=O)c4ccccc4C3=O)c(Cl)c2)cnn1-c1ccccn1.